The average molecular weight is 407 g/mol. The van der Waals surface area contributed by atoms with E-state index in [2.05, 4.69) is 61.2 Å². The van der Waals surface area contributed by atoms with Gasteiger partial charge in [0.1, 0.15) is 10.8 Å². The molecular weight excluding hydrogens is 383 g/mol. The van der Waals surface area contributed by atoms with Crippen molar-refractivity contribution in [2.45, 2.75) is 26.4 Å². The Hall–Kier alpha value is -2.83. The molecular formula is C23H23FN4S. The normalized spacial score (nSPS) is 12.4. The largest absolute Gasteiger partial charge is 0.293 e. The Morgan fingerprint density at radius 2 is 1.83 bits per heavy atom. The fourth-order valence-corrected chi connectivity index (χ4v) is 4.00. The minimum atomic E-state index is -0.247. The van der Waals surface area contributed by atoms with Crippen molar-refractivity contribution in [2.75, 3.05) is 7.05 Å². The lowest BCUT2D eigenvalue weighted by Gasteiger charge is -2.22. The molecule has 0 spiro atoms. The highest BCUT2D eigenvalue weighted by atomic mass is 32.1. The van der Waals surface area contributed by atoms with Crippen LogP contribution in [0.3, 0.4) is 0 Å². The average Bonchev–Trinajstić information content (AvgIpc) is 3.39. The zero-order valence-electron chi connectivity index (χ0n) is 16.7. The van der Waals surface area contributed by atoms with Gasteiger partial charge in [-0.15, -0.1) is 11.3 Å². The van der Waals surface area contributed by atoms with Gasteiger partial charge in [0, 0.05) is 35.4 Å². The molecule has 0 unspecified atom stereocenters. The summed E-state index contributed by atoms with van der Waals surface area (Å²) < 4.78 is 15.3. The van der Waals surface area contributed by atoms with Crippen LogP contribution >= 0.6 is 11.3 Å². The van der Waals surface area contributed by atoms with Crippen molar-refractivity contribution in [3.8, 4) is 16.9 Å². The Morgan fingerprint density at radius 1 is 1.10 bits per heavy atom. The van der Waals surface area contributed by atoms with Crippen LogP contribution in [0.5, 0.6) is 0 Å². The molecule has 2 heterocycles. The first kappa shape index (κ1) is 19.5. The van der Waals surface area contributed by atoms with Crippen molar-refractivity contribution >= 4 is 11.3 Å². The highest BCUT2D eigenvalue weighted by Crippen LogP contribution is 2.28. The van der Waals surface area contributed by atoms with E-state index in [1.165, 1.54) is 17.7 Å². The maximum absolute atomic E-state index is 13.4. The number of aryl methyl sites for hydroxylation is 1. The van der Waals surface area contributed by atoms with E-state index in [1.54, 1.807) is 23.5 Å². The lowest BCUT2D eigenvalue weighted by atomic mass is 10.1. The van der Waals surface area contributed by atoms with Crippen molar-refractivity contribution in [1.82, 2.24) is 19.7 Å². The molecule has 0 saturated heterocycles. The third-order valence-corrected chi connectivity index (χ3v) is 6.04. The lowest BCUT2D eigenvalue weighted by Crippen LogP contribution is -2.21. The van der Waals surface area contributed by atoms with Gasteiger partial charge >= 0.3 is 0 Å². The van der Waals surface area contributed by atoms with Crippen LogP contribution in [0, 0.1) is 12.7 Å². The first-order valence-electron chi connectivity index (χ1n) is 9.52. The van der Waals surface area contributed by atoms with Gasteiger partial charge in [-0.2, -0.15) is 5.10 Å². The van der Waals surface area contributed by atoms with E-state index in [1.807, 2.05) is 16.3 Å². The number of thiazole rings is 1. The lowest BCUT2D eigenvalue weighted by molar-refractivity contribution is 0.253. The molecule has 4 aromatic rings. The summed E-state index contributed by atoms with van der Waals surface area (Å²) in [5.74, 6) is -0.247. The predicted octanol–water partition coefficient (Wildman–Crippen LogP) is 5.64. The summed E-state index contributed by atoms with van der Waals surface area (Å²) in [6.07, 6.45) is 3.90. The standard InChI is InChI=1S/C23H23FN4S/c1-16-4-10-21(11-5-16)28-15-19(14-27(3)17(2)23-25-12-13-29-23)22(26-28)18-6-8-20(24)9-7-18/h4-13,15,17H,14H2,1-3H3/t17-/m0/s1. The topological polar surface area (TPSA) is 34.0 Å². The van der Waals surface area contributed by atoms with Gasteiger partial charge in [0.05, 0.1) is 17.4 Å². The molecule has 0 radical (unpaired) electrons. The summed E-state index contributed by atoms with van der Waals surface area (Å²) in [5.41, 5.74) is 5.06. The first-order valence-corrected chi connectivity index (χ1v) is 10.4. The fourth-order valence-electron chi connectivity index (χ4n) is 3.24. The minimum absolute atomic E-state index is 0.193. The molecule has 0 aliphatic rings. The number of nitrogens with zero attached hydrogens (tertiary/aromatic N) is 4. The second-order valence-corrected chi connectivity index (χ2v) is 8.18. The van der Waals surface area contributed by atoms with Gasteiger partial charge < -0.3 is 0 Å². The van der Waals surface area contributed by atoms with Crippen LogP contribution in [0.2, 0.25) is 0 Å². The van der Waals surface area contributed by atoms with Crippen molar-refractivity contribution in [2.24, 2.45) is 0 Å². The minimum Gasteiger partial charge on any atom is -0.293 e. The van der Waals surface area contributed by atoms with E-state index in [9.17, 15) is 4.39 Å². The van der Waals surface area contributed by atoms with E-state index < -0.39 is 0 Å². The number of aromatic nitrogens is 3. The molecule has 4 rings (SSSR count). The molecule has 0 aliphatic carbocycles. The van der Waals surface area contributed by atoms with Crippen LogP contribution in [0.25, 0.3) is 16.9 Å². The van der Waals surface area contributed by atoms with E-state index in [-0.39, 0.29) is 11.9 Å². The summed E-state index contributed by atoms with van der Waals surface area (Å²) >= 11 is 1.66. The highest BCUT2D eigenvalue weighted by Gasteiger charge is 2.19. The quantitative estimate of drug-likeness (QED) is 0.416. The molecule has 0 bridgehead atoms. The number of rotatable bonds is 6. The van der Waals surface area contributed by atoms with Crippen molar-refractivity contribution in [3.05, 3.63) is 88.3 Å². The number of hydrogen-bond acceptors (Lipinski definition) is 4. The maximum atomic E-state index is 13.4. The van der Waals surface area contributed by atoms with Gasteiger partial charge in [0.25, 0.3) is 0 Å². The summed E-state index contributed by atoms with van der Waals surface area (Å²) in [6, 6.07) is 15.0. The Bertz CT molecular complexity index is 1070. The van der Waals surface area contributed by atoms with Crippen molar-refractivity contribution in [1.29, 1.82) is 0 Å². The van der Waals surface area contributed by atoms with Gasteiger partial charge in [-0.05, 0) is 57.3 Å². The van der Waals surface area contributed by atoms with Gasteiger partial charge in [-0.25, -0.2) is 14.1 Å². The van der Waals surface area contributed by atoms with E-state index in [4.69, 9.17) is 5.10 Å². The molecule has 0 aliphatic heterocycles. The van der Waals surface area contributed by atoms with Gasteiger partial charge in [-0.1, -0.05) is 17.7 Å². The van der Waals surface area contributed by atoms with E-state index >= 15 is 0 Å². The molecule has 0 N–H and O–H groups in total. The van der Waals surface area contributed by atoms with Crippen LogP contribution < -0.4 is 0 Å². The summed E-state index contributed by atoms with van der Waals surface area (Å²) in [4.78, 5) is 6.70. The van der Waals surface area contributed by atoms with Gasteiger partial charge in [0.2, 0.25) is 0 Å². The predicted molar refractivity (Wildman–Crippen MR) is 116 cm³/mol. The second-order valence-electron chi connectivity index (χ2n) is 7.25. The molecule has 2 aromatic heterocycles. The Kier molecular flexibility index (Phi) is 5.56. The molecule has 148 valence electrons. The number of halogens is 1. The van der Waals surface area contributed by atoms with Crippen LogP contribution in [-0.2, 0) is 6.54 Å². The molecule has 0 fully saturated rings. The zero-order valence-corrected chi connectivity index (χ0v) is 17.5. The Morgan fingerprint density at radius 3 is 2.48 bits per heavy atom. The van der Waals surface area contributed by atoms with Gasteiger partial charge in [0.15, 0.2) is 0 Å². The van der Waals surface area contributed by atoms with Gasteiger partial charge in [-0.3, -0.25) is 4.90 Å². The summed E-state index contributed by atoms with van der Waals surface area (Å²) in [5, 5.41) is 7.92. The maximum Gasteiger partial charge on any atom is 0.123 e. The number of benzene rings is 2. The first-order chi connectivity index (χ1) is 14.0. The highest BCUT2D eigenvalue weighted by molar-refractivity contribution is 7.09. The van der Waals surface area contributed by atoms with Crippen LogP contribution in [0.1, 0.15) is 29.1 Å². The summed E-state index contributed by atoms with van der Waals surface area (Å²) in [6.45, 7) is 4.93. The SMILES string of the molecule is Cc1ccc(-n2cc(CN(C)[C@@H](C)c3nccs3)c(-c3ccc(F)cc3)n2)cc1. The second kappa shape index (κ2) is 8.27. The van der Waals surface area contributed by atoms with E-state index in [0.717, 1.165) is 27.5 Å². The Labute approximate surface area is 174 Å². The monoisotopic (exact) mass is 406 g/mol. The molecule has 0 saturated carbocycles. The van der Waals surface area contributed by atoms with Crippen LogP contribution in [0.15, 0.2) is 66.3 Å². The van der Waals surface area contributed by atoms with Crippen LogP contribution in [0.4, 0.5) is 4.39 Å². The fraction of sp³-hybridized carbons (Fsp3) is 0.217. The third-order valence-electron chi connectivity index (χ3n) is 5.10. The molecule has 2 aromatic carbocycles. The molecule has 1 atom stereocenters. The van der Waals surface area contributed by atoms with E-state index in [0.29, 0.717) is 6.54 Å². The van der Waals surface area contributed by atoms with Crippen molar-refractivity contribution < 1.29 is 4.39 Å². The third kappa shape index (κ3) is 4.28. The molecule has 6 heteroatoms. The van der Waals surface area contributed by atoms with Crippen molar-refractivity contribution in [3.63, 3.8) is 0 Å². The number of hydrogen-bond donors (Lipinski definition) is 0. The van der Waals surface area contributed by atoms with Crippen LogP contribution in [-0.4, -0.2) is 26.7 Å². The summed E-state index contributed by atoms with van der Waals surface area (Å²) in [7, 11) is 2.09. The molecule has 29 heavy (non-hydrogen) atoms. The smallest absolute Gasteiger partial charge is 0.123 e. The molecule has 4 nitrogen and oxygen atoms in total. The zero-order chi connectivity index (χ0) is 20.4. The molecule has 0 amide bonds. The Balaban J connectivity index is 1.70.